The van der Waals surface area contributed by atoms with Crippen LogP contribution in [-0.4, -0.2) is 59.1 Å². The van der Waals surface area contributed by atoms with Crippen molar-refractivity contribution < 1.29 is 23.3 Å². The maximum absolute atomic E-state index is 13.8. The molecule has 2 aliphatic heterocycles. The minimum atomic E-state index is -1.29. The van der Waals surface area contributed by atoms with Gasteiger partial charge in [0, 0.05) is 11.1 Å². The molecule has 0 bridgehead atoms. The van der Waals surface area contributed by atoms with Gasteiger partial charge in [0.25, 0.3) is 0 Å². The van der Waals surface area contributed by atoms with Crippen molar-refractivity contribution in [3.63, 3.8) is 0 Å². The zero-order valence-corrected chi connectivity index (χ0v) is 19.8. The summed E-state index contributed by atoms with van der Waals surface area (Å²) in [6.45, 7) is 4.92. The van der Waals surface area contributed by atoms with E-state index in [0.29, 0.717) is 43.3 Å². The first-order valence-corrected chi connectivity index (χ1v) is 12.3. The molecule has 9 heteroatoms. The van der Waals surface area contributed by atoms with Crippen LogP contribution in [-0.2, 0) is 30.0 Å². The molecule has 3 rings (SSSR count). The van der Waals surface area contributed by atoms with E-state index in [1.807, 2.05) is 43.0 Å². The lowest BCUT2D eigenvalue weighted by Gasteiger charge is -2.48. The Morgan fingerprint density at radius 1 is 1.39 bits per heavy atom. The highest BCUT2D eigenvalue weighted by Crippen LogP contribution is 2.44. The van der Waals surface area contributed by atoms with Crippen LogP contribution in [0, 0.1) is 5.41 Å². The first-order valence-electron chi connectivity index (χ1n) is 10.6. The van der Waals surface area contributed by atoms with Crippen LogP contribution in [0.25, 0.3) is 0 Å². The van der Waals surface area contributed by atoms with E-state index in [2.05, 4.69) is 4.72 Å². The number of halogens is 1. The Kier molecular flexibility index (Phi) is 8.13. The molecule has 0 aromatic heterocycles. The van der Waals surface area contributed by atoms with E-state index in [1.165, 1.54) is 7.11 Å². The van der Waals surface area contributed by atoms with Gasteiger partial charge in [-0.25, -0.2) is 8.93 Å². The lowest BCUT2D eigenvalue weighted by molar-refractivity contribution is -0.159. The van der Waals surface area contributed by atoms with Crippen molar-refractivity contribution in [1.29, 1.82) is 0 Å². The van der Waals surface area contributed by atoms with Crippen LogP contribution in [0.3, 0.4) is 0 Å². The van der Waals surface area contributed by atoms with Gasteiger partial charge in [-0.1, -0.05) is 37.6 Å². The lowest BCUT2D eigenvalue weighted by Crippen LogP contribution is -2.56. The second-order valence-corrected chi connectivity index (χ2v) is 10.3. The van der Waals surface area contributed by atoms with Crippen LogP contribution in [0.2, 0.25) is 5.02 Å². The minimum absolute atomic E-state index is 0.0311. The summed E-state index contributed by atoms with van der Waals surface area (Å²) >= 11 is 6.07. The van der Waals surface area contributed by atoms with E-state index in [-0.39, 0.29) is 30.5 Å². The van der Waals surface area contributed by atoms with Crippen molar-refractivity contribution in [3.8, 4) is 0 Å². The predicted octanol–water partition coefficient (Wildman–Crippen LogP) is 3.00. The van der Waals surface area contributed by atoms with Gasteiger partial charge in [-0.15, -0.1) is 0 Å². The van der Waals surface area contributed by atoms with Crippen LogP contribution in [0.15, 0.2) is 24.3 Å². The summed E-state index contributed by atoms with van der Waals surface area (Å²) in [6.07, 6.45) is 1.96. The second kappa shape index (κ2) is 10.4. The number of piperidine rings is 1. The normalized spacial score (nSPS) is 26.3. The maximum atomic E-state index is 13.8. The third kappa shape index (κ3) is 5.66. The van der Waals surface area contributed by atoms with Crippen molar-refractivity contribution in [2.24, 2.45) is 5.41 Å². The summed E-state index contributed by atoms with van der Waals surface area (Å²) in [5.41, 5.74) is 0.141. The fourth-order valence-corrected chi connectivity index (χ4v) is 5.72. The molecule has 2 heterocycles. The number of likely N-dealkylation sites (tertiary alicyclic amines) is 1. The smallest absolute Gasteiger partial charge is 0.306 e. The number of ether oxygens (including phenoxy) is 2. The standard InChI is InChI=1S/C22H31ClN2O5S/c1-4-18(14-31(28)24-17-12-30-13-17)25-19(15-5-7-16(23)8-6-15)9-10-22(2,21(25)27)11-20(26)29-3/h5-8,17-19,24H,4,9-14H2,1-3H3/t18?,19?,22-,31?/m1/s1. The van der Waals surface area contributed by atoms with Crippen molar-refractivity contribution >= 4 is 34.5 Å². The molecule has 3 unspecified atom stereocenters. The molecule has 31 heavy (non-hydrogen) atoms. The Morgan fingerprint density at radius 2 is 2.06 bits per heavy atom. The molecular weight excluding hydrogens is 440 g/mol. The van der Waals surface area contributed by atoms with E-state index in [1.54, 1.807) is 0 Å². The molecule has 172 valence electrons. The van der Waals surface area contributed by atoms with Crippen LogP contribution in [0.4, 0.5) is 0 Å². The van der Waals surface area contributed by atoms with E-state index in [4.69, 9.17) is 21.1 Å². The zero-order valence-electron chi connectivity index (χ0n) is 18.3. The van der Waals surface area contributed by atoms with Crippen LogP contribution in [0.5, 0.6) is 0 Å². The third-order valence-corrected chi connectivity index (χ3v) is 7.75. The number of carbonyl (C=O) groups excluding carboxylic acids is 2. The first kappa shape index (κ1) is 24.2. The molecule has 1 amide bonds. The molecule has 0 radical (unpaired) electrons. The number of benzene rings is 1. The number of amides is 1. The Hall–Kier alpha value is -1.48. The number of esters is 1. The largest absolute Gasteiger partial charge is 0.469 e. The average molecular weight is 471 g/mol. The van der Waals surface area contributed by atoms with E-state index >= 15 is 0 Å². The highest BCUT2D eigenvalue weighted by Gasteiger charge is 2.48. The van der Waals surface area contributed by atoms with Gasteiger partial charge in [0.15, 0.2) is 0 Å². The Bertz CT molecular complexity index is 817. The number of methoxy groups -OCH3 is 1. The molecule has 0 aliphatic carbocycles. The fraction of sp³-hybridized carbons (Fsp3) is 0.636. The molecule has 2 aliphatic rings. The molecule has 1 N–H and O–H groups in total. The molecule has 2 saturated heterocycles. The molecule has 1 aromatic carbocycles. The second-order valence-electron chi connectivity index (χ2n) is 8.56. The minimum Gasteiger partial charge on any atom is -0.469 e. The first-order chi connectivity index (χ1) is 14.8. The molecule has 0 saturated carbocycles. The van der Waals surface area contributed by atoms with Crippen molar-refractivity contribution in [2.45, 2.75) is 57.7 Å². The van der Waals surface area contributed by atoms with Gasteiger partial charge in [-0.3, -0.25) is 9.59 Å². The number of hydrogen-bond acceptors (Lipinski definition) is 5. The van der Waals surface area contributed by atoms with Gasteiger partial charge in [0.05, 0.1) is 61.0 Å². The van der Waals surface area contributed by atoms with Crippen molar-refractivity contribution in [2.75, 3.05) is 26.1 Å². The van der Waals surface area contributed by atoms with Gasteiger partial charge in [0.1, 0.15) is 0 Å². The average Bonchev–Trinajstić information content (AvgIpc) is 2.72. The van der Waals surface area contributed by atoms with Gasteiger partial charge < -0.3 is 14.4 Å². The number of nitrogens with zero attached hydrogens (tertiary/aromatic N) is 1. The van der Waals surface area contributed by atoms with Crippen LogP contribution < -0.4 is 4.72 Å². The van der Waals surface area contributed by atoms with Crippen molar-refractivity contribution in [3.05, 3.63) is 34.9 Å². The predicted molar refractivity (Wildman–Crippen MR) is 120 cm³/mol. The van der Waals surface area contributed by atoms with E-state index in [9.17, 15) is 13.8 Å². The molecule has 2 fully saturated rings. The maximum Gasteiger partial charge on any atom is 0.306 e. The quantitative estimate of drug-likeness (QED) is 0.561. The monoisotopic (exact) mass is 470 g/mol. The molecule has 4 atom stereocenters. The summed E-state index contributed by atoms with van der Waals surface area (Å²) in [5, 5.41) is 0.632. The number of rotatable bonds is 9. The summed E-state index contributed by atoms with van der Waals surface area (Å²) in [6, 6.07) is 7.20. The van der Waals surface area contributed by atoms with Crippen LogP contribution in [0.1, 0.15) is 51.1 Å². The Morgan fingerprint density at radius 3 is 2.61 bits per heavy atom. The SMILES string of the molecule is CCC(CS(=O)NC1COC1)N1C(=O)[C@@](C)(CC(=O)OC)CCC1c1ccc(Cl)cc1. The molecular formula is C22H31ClN2O5S. The highest BCUT2D eigenvalue weighted by atomic mass is 35.5. The number of carbonyl (C=O) groups is 2. The number of hydrogen-bond donors (Lipinski definition) is 1. The molecule has 0 spiro atoms. The number of nitrogens with one attached hydrogen (secondary N) is 1. The van der Waals surface area contributed by atoms with E-state index in [0.717, 1.165) is 5.56 Å². The molecule has 1 aromatic rings. The van der Waals surface area contributed by atoms with Gasteiger partial charge >= 0.3 is 5.97 Å². The Balaban J connectivity index is 1.87. The summed E-state index contributed by atoms with van der Waals surface area (Å²) in [7, 11) is 0.0404. The molecule has 7 nitrogen and oxygen atoms in total. The summed E-state index contributed by atoms with van der Waals surface area (Å²) in [5.74, 6) is -0.180. The van der Waals surface area contributed by atoms with Crippen LogP contribution >= 0.6 is 11.6 Å². The zero-order chi connectivity index (χ0) is 22.6. The Labute approximate surface area is 191 Å². The van der Waals surface area contributed by atoms with Crippen molar-refractivity contribution in [1.82, 2.24) is 9.62 Å². The summed E-state index contributed by atoms with van der Waals surface area (Å²) < 4.78 is 25.8. The van der Waals surface area contributed by atoms with Gasteiger partial charge in [-0.2, -0.15) is 0 Å². The summed E-state index contributed by atoms with van der Waals surface area (Å²) in [4.78, 5) is 27.7. The third-order valence-electron chi connectivity index (χ3n) is 6.22. The topological polar surface area (TPSA) is 84.9 Å². The lowest BCUT2D eigenvalue weighted by atomic mass is 9.74. The van der Waals surface area contributed by atoms with Gasteiger partial charge in [-0.05, 0) is 37.0 Å². The highest BCUT2D eigenvalue weighted by molar-refractivity contribution is 7.83. The van der Waals surface area contributed by atoms with E-state index < -0.39 is 22.4 Å². The van der Waals surface area contributed by atoms with Gasteiger partial charge in [0.2, 0.25) is 5.91 Å². The fourth-order valence-electron chi connectivity index (χ4n) is 4.25.